The van der Waals surface area contributed by atoms with Gasteiger partial charge in [-0.1, -0.05) is 6.92 Å². The van der Waals surface area contributed by atoms with Crippen molar-refractivity contribution >= 4 is 0 Å². The molecular formula is C8H17NO. The Morgan fingerprint density at radius 1 is 1.50 bits per heavy atom. The van der Waals surface area contributed by atoms with Gasteiger partial charge in [0.15, 0.2) is 0 Å². The Balaban J connectivity index is 1.99. The zero-order valence-corrected chi connectivity index (χ0v) is 6.97. The fraction of sp³-hybridized carbons (Fsp3) is 1.00. The van der Waals surface area contributed by atoms with Crippen molar-refractivity contribution in [3.8, 4) is 0 Å². The summed E-state index contributed by atoms with van der Waals surface area (Å²) in [6.07, 6.45) is 1.25. The van der Waals surface area contributed by atoms with E-state index in [1.165, 1.54) is 19.5 Å². The molecule has 0 saturated carbocycles. The predicted molar refractivity (Wildman–Crippen MR) is 42.1 cm³/mol. The topological polar surface area (TPSA) is 12.5 Å². The van der Waals surface area contributed by atoms with Gasteiger partial charge in [0.25, 0.3) is 0 Å². The molecular weight excluding hydrogens is 126 g/mol. The molecule has 0 spiro atoms. The summed E-state index contributed by atoms with van der Waals surface area (Å²) in [7, 11) is 2.18. The molecule has 0 aromatic rings. The van der Waals surface area contributed by atoms with Crippen LogP contribution >= 0.6 is 0 Å². The van der Waals surface area contributed by atoms with Gasteiger partial charge in [-0.25, -0.2) is 0 Å². The molecule has 1 fully saturated rings. The molecule has 1 heterocycles. The Bertz CT molecular complexity index is 91.3. The summed E-state index contributed by atoms with van der Waals surface area (Å²) >= 11 is 0. The third kappa shape index (κ3) is 2.27. The monoisotopic (exact) mass is 143 g/mol. The molecule has 0 N–H and O–H groups in total. The Morgan fingerprint density at radius 3 is 2.60 bits per heavy atom. The maximum absolute atomic E-state index is 5.09. The zero-order valence-electron chi connectivity index (χ0n) is 6.97. The van der Waals surface area contributed by atoms with Crippen molar-refractivity contribution in [3.05, 3.63) is 0 Å². The SMILES string of the molecule is CCCN(C)CC1COC1. The molecule has 2 heteroatoms. The number of ether oxygens (including phenoxy) is 1. The summed E-state index contributed by atoms with van der Waals surface area (Å²) in [5.41, 5.74) is 0. The van der Waals surface area contributed by atoms with Gasteiger partial charge in [0.2, 0.25) is 0 Å². The van der Waals surface area contributed by atoms with Gasteiger partial charge >= 0.3 is 0 Å². The second-order valence-corrected chi connectivity index (χ2v) is 3.17. The van der Waals surface area contributed by atoms with Crippen LogP contribution in [0, 0.1) is 5.92 Å². The normalized spacial score (nSPS) is 19.5. The summed E-state index contributed by atoms with van der Waals surface area (Å²) in [5.74, 6) is 0.816. The van der Waals surface area contributed by atoms with Crippen molar-refractivity contribution in [2.75, 3.05) is 33.4 Å². The molecule has 0 unspecified atom stereocenters. The fourth-order valence-corrected chi connectivity index (χ4v) is 1.30. The quantitative estimate of drug-likeness (QED) is 0.581. The van der Waals surface area contributed by atoms with Gasteiger partial charge in [-0.3, -0.25) is 0 Å². The lowest BCUT2D eigenvalue weighted by Crippen LogP contribution is -2.38. The van der Waals surface area contributed by atoms with Crippen LogP contribution in [0.2, 0.25) is 0 Å². The van der Waals surface area contributed by atoms with Crippen LogP contribution in [-0.4, -0.2) is 38.3 Å². The van der Waals surface area contributed by atoms with Crippen LogP contribution in [0.15, 0.2) is 0 Å². The first-order valence-electron chi connectivity index (χ1n) is 4.09. The highest BCUT2D eigenvalue weighted by molar-refractivity contribution is 4.68. The van der Waals surface area contributed by atoms with E-state index in [-0.39, 0.29) is 0 Å². The van der Waals surface area contributed by atoms with Crippen LogP contribution < -0.4 is 0 Å². The van der Waals surface area contributed by atoms with Gasteiger partial charge in [0.05, 0.1) is 13.2 Å². The van der Waals surface area contributed by atoms with E-state index >= 15 is 0 Å². The van der Waals surface area contributed by atoms with Crippen LogP contribution in [0.4, 0.5) is 0 Å². The number of rotatable bonds is 4. The van der Waals surface area contributed by atoms with E-state index < -0.39 is 0 Å². The summed E-state index contributed by atoms with van der Waals surface area (Å²) in [5, 5.41) is 0. The van der Waals surface area contributed by atoms with Gasteiger partial charge in [-0.2, -0.15) is 0 Å². The lowest BCUT2D eigenvalue weighted by molar-refractivity contribution is -0.0436. The van der Waals surface area contributed by atoms with E-state index in [2.05, 4.69) is 18.9 Å². The lowest BCUT2D eigenvalue weighted by Gasteiger charge is -2.30. The lowest BCUT2D eigenvalue weighted by atomic mass is 10.1. The summed E-state index contributed by atoms with van der Waals surface area (Å²) in [6, 6.07) is 0. The average Bonchev–Trinajstić information content (AvgIpc) is 1.80. The molecule has 0 aliphatic carbocycles. The molecule has 60 valence electrons. The highest BCUT2D eigenvalue weighted by Crippen LogP contribution is 2.10. The molecule has 0 radical (unpaired) electrons. The van der Waals surface area contributed by atoms with E-state index in [0.717, 1.165) is 19.1 Å². The van der Waals surface area contributed by atoms with E-state index in [9.17, 15) is 0 Å². The van der Waals surface area contributed by atoms with Crippen molar-refractivity contribution in [2.45, 2.75) is 13.3 Å². The molecule has 0 aromatic heterocycles. The molecule has 10 heavy (non-hydrogen) atoms. The van der Waals surface area contributed by atoms with Crippen molar-refractivity contribution in [1.82, 2.24) is 4.90 Å². The highest BCUT2D eigenvalue weighted by atomic mass is 16.5. The summed E-state index contributed by atoms with van der Waals surface area (Å²) in [6.45, 7) is 6.61. The molecule has 0 atom stereocenters. The Morgan fingerprint density at radius 2 is 2.20 bits per heavy atom. The second-order valence-electron chi connectivity index (χ2n) is 3.17. The maximum Gasteiger partial charge on any atom is 0.0528 e. The van der Waals surface area contributed by atoms with Crippen molar-refractivity contribution in [2.24, 2.45) is 5.92 Å². The Hall–Kier alpha value is -0.0800. The van der Waals surface area contributed by atoms with Crippen LogP contribution in [0.1, 0.15) is 13.3 Å². The van der Waals surface area contributed by atoms with Gasteiger partial charge in [-0.15, -0.1) is 0 Å². The summed E-state index contributed by atoms with van der Waals surface area (Å²) < 4.78 is 5.09. The number of hydrogen-bond acceptors (Lipinski definition) is 2. The van der Waals surface area contributed by atoms with Crippen LogP contribution in [0.25, 0.3) is 0 Å². The zero-order chi connectivity index (χ0) is 7.40. The van der Waals surface area contributed by atoms with Crippen LogP contribution in [0.5, 0.6) is 0 Å². The Kier molecular flexibility index (Phi) is 3.16. The molecule has 0 bridgehead atoms. The van der Waals surface area contributed by atoms with Crippen LogP contribution in [0.3, 0.4) is 0 Å². The molecule has 0 amide bonds. The second kappa shape index (κ2) is 3.94. The smallest absolute Gasteiger partial charge is 0.0528 e. The van der Waals surface area contributed by atoms with Gasteiger partial charge in [0, 0.05) is 12.5 Å². The molecule has 0 aromatic carbocycles. The minimum Gasteiger partial charge on any atom is -0.381 e. The number of nitrogens with zero attached hydrogens (tertiary/aromatic N) is 1. The highest BCUT2D eigenvalue weighted by Gasteiger charge is 2.19. The minimum absolute atomic E-state index is 0.816. The standard InChI is InChI=1S/C8H17NO/c1-3-4-9(2)5-8-6-10-7-8/h8H,3-7H2,1-2H3. The Labute approximate surface area is 63.2 Å². The maximum atomic E-state index is 5.09. The molecule has 1 rings (SSSR count). The average molecular weight is 143 g/mol. The minimum atomic E-state index is 0.816. The molecule has 1 aliphatic rings. The van der Waals surface area contributed by atoms with E-state index in [0.29, 0.717) is 0 Å². The molecule has 2 nitrogen and oxygen atoms in total. The van der Waals surface area contributed by atoms with Crippen molar-refractivity contribution in [1.29, 1.82) is 0 Å². The largest absolute Gasteiger partial charge is 0.381 e. The van der Waals surface area contributed by atoms with E-state index in [1.54, 1.807) is 0 Å². The molecule has 1 aliphatic heterocycles. The van der Waals surface area contributed by atoms with Crippen molar-refractivity contribution in [3.63, 3.8) is 0 Å². The molecule has 1 saturated heterocycles. The van der Waals surface area contributed by atoms with Crippen LogP contribution in [-0.2, 0) is 4.74 Å². The third-order valence-corrected chi connectivity index (χ3v) is 1.88. The van der Waals surface area contributed by atoms with E-state index in [1.807, 2.05) is 0 Å². The van der Waals surface area contributed by atoms with Gasteiger partial charge in [-0.05, 0) is 20.0 Å². The first-order valence-corrected chi connectivity index (χ1v) is 4.09. The van der Waals surface area contributed by atoms with Crippen molar-refractivity contribution < 1.29 is 4.74 Å². The van der Waals surface area contributed by atoms with Gasteiger partial charge < -0.3 is 9.64 Å². The first-order chi connectivity index (χ1) is 4.83. The predicted octanol–water partition coefficient (Wildman–Crippen LogP) is 0.975. The van der Waals surface area contributed by atoms with E-state index in [4.69, 9.17) is 4.74 Å². The fourth-order valence-electron chi connectivity index (χ4n) is 1.30. The summed E-state index contributed by atoms with van der Waals surface area (Å²) in [4.78, 5) is 2.38. The number of hydrogen-bond donors (Lipinski definition) is 0. The third-order valence-electron chi connectivity index (χ3n) is 1.88. The van der Waals surface area contributed by atoms with Gasteiger partial charge in [0.1, 0.15) is 0 Å². The first kappa shape index (κ1) is 8.02.